The third kappa shape index (κ3) is 5.29. The fourth-order valence-electron chi connectivity index (χ4n) is 5.19. The lowest BCUT2D eigenvalue weighted by atomic mass is 9.74. The highest BCUT2D eigenvalue weighted by Gasteiger charge is 2.48. The Hall–Kier alpha value is -2.68. The zero-order chi connectivity index (χ0) is 24.9. The lowest BCUT2D eigenvalue weighted by molar-refractivity contribution is -0.131. The molecule has 0 saturated carbocycles. The van der Waals surface area contributed by atoms with Gasteiger partial charge in [0.2, 0.25) is 5.91 Å². The summed E-state index contributed by atoms with van der Waals surface area (Å²) >= 11 is 0. The number of piperidine rings is 1. The van der Waals surface area contributed by atoms with E-state index in [1.807, 2.05) is 37.3 Å². The summed E-state index contributed by atoms with van der Waals surface area (Å²) in [6.07, 6.45) is 3.00. The Morgan fingerprint density at radius 2 is 1.86 bits per heavy atom. The summed E-state index contributed by atoms with van der Waals surface area (Å²) in [6, 6.07) is 15.0. The monoisotopic (exact) mass is 485 g/mol. The highest BCUT2D eigenvalue weighted by molar-refractivity contribution is 5.95. The van der Waals surface area contributed by atoms with Crippen LogP contribution in [-0.2, 0) is 28.4 Å². The van der Waals surface area contributed by atoms with Gasteiger partial charge in [-0.1, -0.05) is 48.5 Å². The molecule has 0 aliphatic carbocycles. The van der Waals surface area contributed by atoms with Gasteiger partial charge in [-0.05, 0) is 48.4 Å². The van der Waals surface area contributed by atoms with Gasteiger partial charge in [-0.15, -0.1) is 0 Å². The van der Waals surface area contributed by atoms with Crippen molar-refractivity contribution in [3.8, 4) is 0 Å². The lowest BCUT2D eigenvalue weighted by Crippen LogP contribution is -2.64. The van der Waals surface area contributed by atoms with Crippen LogP contribution in [-0.4, -0.2) is 54.1 Å². The van der Waals surface area contributed by atoms with Crippen LogP contribution in [0.25, 0.3) is 0 Å². The normalized spacial score (nSPS) is 25.3. The largest absolute Gasteiger partial charge is 0.396 e. The Kier molecular flexibility index (Phi) is 7.94. The SMILES string of the molecule is C[C@@H](OC[C@@]1(c2ccccc2)CC[C@](CCO)(N2C=NCC2=O)CN1)c1cc(CF)cc(CF)c1. The van der Waals surface area contributed by atoms with Crippen LogP contribution >= 0.6 is 0 Å². The van der Waals surface area contributed by atoms with Gasteiger partial charge >= 0.3 is 0 Å². The molecule has 2 aromatic carbocycles. The van der Waals surface area contributed by atoms with Gasteiger partial charge in [-0.25, -0.2) is 8.78 Å². The predicted octanol–water partition coefficient (Wildman–Crippen LogP) is 3.97. The Labute approximate surface area is 205 Å². The van der Waals surface area contributed by atoms with E-state index in [-0.39, 0.29) is 25.2 Å². The third-order valence-corrected chi connectivity index (χ3v) is 7.31. The molecule has 3 atom stereocenters. The maximum absolute atomic E-state index is 13.3. The number of aliphatic hydroxyl groups is 1. The summed E-state index contributed by atoms with van der Waals surface area (Å²) in [7, 11) is 0. The van der Waals surface area contributed by atoms with Crippen molar-refractivity contribution in [2.75, 3.05) is 26.3 Å². The number of halogens is 2. The molecule has 188 valence electrons. The molecule has 0 unspecified atom stereocenters. The molecule has 0 aromatic heterocycles. The smallest absolute Gasteiger partial charge is 0.249 e. The minimum atomic E-state index is -0.658. The highest BCUT2D eigenvalue weighted by Crippen LogP contribution is 2.39. The first kappa shape index (κ1) is 25.4. The average Bonchev–Trinajstić information content (AvgIpc) is 3.35. The molecule has 35 heavy (non-hydrogen) atoms. The molecule has 1 saturated heterocycles. The van der Waals surface area contributed by atoms with Gasteiger partial charge in [0.25, 0.3) is 0 Å². The van der Waals surface area contributed by atoms with E-state index in [4.69, 9.17) is 4.74 Å². The number of aliphatic imine (C=N–C) groups is 1. The highest BCUT2D eigenvalue weighted by atomic mass is 19.1. The van der Waals surface area contributed by atoms with Crippen LogP contribution in [0.2, 0.25) is 0 Å². The van der Waals surface area contributed by atoms with E-state index in [9.17, 15) is 18.7 Å². The molecule has 1 amide bonds. The van der Waals surface area contributed by atoms with Gasteiger partial charge in [0, 0.05) is 13.2 Å². The summed E-state index contributed by atoms with van der Waals surface area (Å²) in [4.78, 5) is 18.3. The van der Waals surface area contributed by atoms with E-state index in [2.05, 4.69) is 10.3 Å². The Morgan fingerprint density at radius 1 is 1.14 bits per heavy atom. The Bertz CT molecular complexity index is 1020. The van der Waals surface area contributed by atoms with Crippen LogP contribution in [0.15, 0.2) is 53.5 Å². The van der Waals surface area contributed by atoms with Crippen LogP contribution in [0.4, 0.5) is 8.78 Å². The summed E-state index contributed by atoms with van der Waals surface area (Å²) in [5, 5.41) is 13.4. The van der Waals surface area contributed by atoms with Gasteiger partial charge in [-0.2, -0.15) is 0 Å². The zero-order valence-corrected chi connectivity index (χ0v) is 20.1. The number of hydrogen-bond donors (Lipinski definition) is 2. The van der Waals surface area contributed by atoms with Crippen molar-refractivity contribution in [1.82, 2.24) is 10.2 Å². The number of ether oxygens (including phenoxy) is 1. The van der Waals surface area contributed by atoms with Crippen molar-refractivity contribution in [3.63, 3.8) is 0 Å². The number of benzene rings is 2. The molecule has 0 bridgehead atoms. The molecular formula is C27H33F2N3O3. The molecule has 0 radical (unpaired) electrons. The van der Waals surface area contributed by atoms with Gasteiger partial charge in [-0.3, -0.25) is 14.7 Å². The third-order valence-electron chi connectivity index (χ3n) is 7.31. The molecule has 8 heteroatoms. The van der Waals surface area contributed by atoms with Crippen molar-refractivity contribution in [1.29, 1.82) is 0 Å². The predicted molar refractivity (Wildman–Crippen MR) is 130 cm³/mol. The number of alkyl halides is 2. The van der Waals surface area contributed by atoms with E-state index in [0.717, 1.165) is 11.1 Å². The number of rotatable bonds is 10. The molecule has 6 nitrogen and oxygen atoms in total. The summed E-state index contributed by atoms with van der Waals surface area (Å²) in [6.45, 7) is 1.48. The fraction of sp³-hybridized carbons (Fsp3) is 0.481. The van der Waals surface area contributed by atoms with E-state index in [1.165, 1.54) is 6.07 Å². The molecule has 0 spiro atoms. The summed E-state index contributed by atoms with van der Waals surface area (Å²) < 4.78 is 32.9. The number of nitrogens with one attached hydrogen (secondary N) is 1. The first-order chi connectivity index (χ1) is 16.9. The van der Waals surface area contributed by atoms with Crippen molar-refractivity contribution in [2.24, 2.45) is 4.99 Å². The van der Waals surface area contributed by atoms with Gasteiger partial charge in [0.15, 0.2) is 0 Å². The molecular weight excluding hydrogens is 452 g/mol. The maximum Gasteiger partial charge on any atom is 0.249 e. The molecule has 2 aliphatic rings. The Morgan fingerprint density at radius 3 is 2.40 bits per heavy atom. The number of carbonyl (C=O) groups is 1. The maximum atomic E-state index is 13.3. The molecule has 1 fully saturated rings. The molecule has 2 N–H and O–H groups in total. The van der Waals surface area contributed by atoms with E-state index >= 15 is 0 Å². The van der Waals surface area contributed by atoms with Crippen LogP contribution in [0.5, 0.6) is 0 Å². The first-order valence-electron chi connectivity index (χ1n) is 12.0. The Balaban J connectivity index is 1.56. The molecule has 2 aromatic rings. The lowest BCUT2D eigenvalue weighted by Gasteiger charge is -2.50. The van der Waals surface area contributed by atoms with Gasteiger partial charge in [0.1, 0.15) is 19.9 Å². The van der Waals surface area contributed by atoms with Crippen molar-refractivity contribution in [2.45, 2.75) is 56.7 Å². The number of amides is 1. The minimum absolute atomic E-state index is 0.0347. The van der Waals surface area contributed by atoms with Gasteiger partial charge in [0.05, 0.1) is 30.1 Å². The van der Waals surface area contributed by atoms with Crippen LogP contribution < -0.4 is 5.32 Å². The summed E-state index contributed by atoms with van der Waals surface area (Å²) in [5.41, 5.74) is 1.60. The zero-order valence-electron chi connectivity index (χ0n) is 20.1. The van der Waals surface area contributed by atoms with E-state index < -0.39 is 24.4 Å². The van der Waals surface area contributed by atoms with E-state index in [0.29, 0.717) is 43.5 Å². The van der Waals surface area contributed by atoms with Crippen molar-refractivity contribution < 1.29 is 23.4 Å². The van der Waals surface area contributed by atoms with E-state index in [1.54, 1.807) is 23.4 Å². The fourth-order valence-corrected chi connectivity index (χ4v) is 5.19. The minimum Gasteiger partial charge on any atom is -0.396 e. The number of aliphatic hydroxyl groups excluding tert-OH is 1. The molecule has 4 rings (SSSR count). The number of hydrogen-bond acceptors (Lipinski definition) is 5. The molecule has 2 aliphatic heterocycles. The number of carbonyl (C=O) groups excluding carboxylic acids is 1. The quantitative estimate of drug-likeness (QED) is 0.534. The topological polar surface area (TPSA) is 74.2 Å². The van der Waals surface area contributed by atoms with Crippen LogP contribution in [0.3, 0.4) is 0 Å². The van der Waals surface area contributed by atoms with Crippen molar-refractivity contribution >= 4 is 12.2 Å². The summed E-state index contributed by atoms with van der Waals surface area (Å²) in [5.74, 6) is -0.0613. The van der Waals surface area contributed by atoms with Gasteiger partial charge < -0.3 is 15.2 Å². The number of nitrogens with zero attached hydrogens (tertiary/aromatic N) is 2. The second-order valence-corrected chi connectivity index (χ2v) is 9.52. The van der Waals surface area contributed by atoms with Crippen molar-refractivity contribution in [3.05, 3.63) is 70.8 Å². The second-order valence-electron chi connectivity index (χ2n) is 9.52. The van der Waals surface area contributed by atoms with Crippen LogP contribution in [0.1, 0.15) is 54.5 Å². The first-order valence-corrected chi connectivity index (χ1v) is 12.0. The van der Waals surface area contributed by atoms with Crippen LogP contribution in [0, 0.1) is 0 Å². The standard InChI is InChI=1S/C27H33F2N3O3/c1-20(23-12-21(14-28)11-22(13-23)15-29)35-18-27(24-5-3-2-4-6-24)8-7-26(9-10-33,17-31-27)32-19-30-16-25(32)34/h2-6,11-13,19-20,31,33H,7-10,14-18H2,1H3/t20-,26-,27-/m1/s1. The average molecular weight is 486 g/mol. The second kappa shape index (κ2) is 10.9. The molecule has 2 heterocycles.